The minimum atomic E-state index is -3.37. The van der Waals surface area contributed by atoms with Gasteiger partial charge in [-0.2, -0.15) is 0 Å². The first-order valence-corrected chi connectivity index (χ1v) is 8.58. The number of rotatable bonds is 5. The number of benzene rings is 1. The second-order valence-electron chi connectivity index (χ2n) is 5.29. The average molecular weight is 354 g/mol. The molecule has 0 bridgehead atoms. The number of sulfonamides is 1. The first-order chi connectivity index (χ1) is 9.41. The van der Waals surface area contributed by atoms with E-state index in [0.717, 1.165) is 6.26 Å². The average Bonchev–Trinajstić information content (AvgIpc) is 2.29. The molecule has 0 spiro atoms. The maximum Gasteiger partial charge on any atom is 0.251 e. The van der Waals surface area contributed by atoms with E-state index >= 15 is 0 Å². The Morgan fingerprint density at radius 3 is 2.19 bits per heavy atom. The van der Waals surface area contributed by atoms with Gasteiger partial charge in [0, 0.05) is 17.6 Å². The van der Waals surface area contributed by atoms with Crippen molar-refractivity contribution in [2.24, 2.45) is 0 Å². The van der Waals surface area contributed by atoms with Gasteiger partial charge in [0.05, 0.1) is 22.0 Å². The number of nitrogen functional groups attached to an aromatic ring is 1. The van der Waals surface area contributed by atoms with E-state index in [-0.39, 0.29) is 27.8 Å². The van der Waals surface area contributed by atoms with Crippen molar-refractivity contribution in [2.45, 2.75) is 19.4 Å². The van der Waals surface area contributed by atoms with Gasteiger partial charge in [0.25, 0.3) is 5.91 Å². The van der Waals surface area contributed by atoms with Gasteiger partial charge < -0.3 is 11.1 Å². The summed E-state index contributed by atoms with van der Waals surface area (Å²) >= 11 is 11.7. The molecule has 1 rings (SSSR count). The van der Waals surface area contributed by atoms with Gasteiger partial charge in [0.1, 0.15) is 0 Å². The molecule has 1 aromatic rings. The van der Waals surface area contributed by atoms with E-state index in [1.807, 2.05) is 0 Å². The maximum absolute atomic E-state index is 12.0. The molecule has 0 unspecified atom stereocenters. The Morgan fingerprint density at radius 1 is 1.29 bits per heavy atom. The summed E-state index contributed by atoms with van der Waals surface area (Å²) in [4.78, 5) is 12.0. The van der Waals surface area contributed by atoms with E-state index in [1.165, 1.54) is 12.1 Å². The first kappa shape index (κ1) is 18.0. The molecule has 0 radical (unpaired) electrons. The van der Waals surface area contributed by atoms with Crippen LogP contribution in [0.1, 0.15) is 24.2 Å². The van der Waals surface area contributed by atoms with Crippen LogP contribution in [-0.2, 0) is 10.0 Å². The molecule has 1 aromatic carbocycles. The van der Waals surface area contributed by atoms with E-state index < -0.39 is 21.5 Å². The second-order valence-corrected chi connectivity index (χ2v) is 7.86. The molecule has 9 heteroatoms. The number of anilines is 1. The minimum absolute atomic E-state index is 0.0958. The summed E-state index contributed by atoms with van der Waals surface area (Å²) in [6.07, 6.45) is 1.05. The SMILES string of the molecule is CC(C)(CNC(=O)c1cc(Cl)c(N)c(Cl)c1)NS(C)(=O)=O. The predicted molar refractivity (Wildman–Crippen MR) is 85.3 cm³/mol. The zero-order chi connectivity index (χ0) is 16.4. The summed E-state index contributed by atoms with van der Waals surface area (Å²) in [5.74, 6) is -0.429. The van der Waals surface area contributed by atoms with Crippen molar-refractivity contribution in [2.75, 3.05) is 18.5 Å². The van der Waals surface area contributed by atoms with E-state index in [2.05, 4.69) is 10.0 Å². The fourth-order valence-corrected chi connectivity index (χ4v) is 3.22. The largest absolute Gasteiger partial charge is 0.396 e. The predicted octanol–water partition coefficient (Wildman–Crippen LogP) is 1.63. The lowest BCUT2D eigenvalue weighted by molar-refractivity contribution is 0.0944. The highest BCUT2D eigenvalue weighted by Gasteiger charge is 2.23. The van der Waals surface area contributed by atoms with Gasteiger partial charge in [0.2, 0.25) is 10.0 Å². The Bertz CT molecular complexity index is 637. The Labute approximate surface area is 134 Å². The van der Waals surface area contributed by atoms with Gasteiger partial charge in [0.15, 0.2) is 0 Å². The lowest BCUT2D eigenvalue weighted by atomic mass is 10.1. The minimum Gasteiger partial charge on any atom is -0.396 e. The Hall–Kier alpha value is -1.02. The van der Waals surface area contributed by atoms with Gasteiger partial charge in [-0.3, -0.25) is 4.79 Å². The summed E-state index contributed by atoms with van der Waals surface area (Å²) in [6.45, 7) is 3.40. The van der Waals surface area contributed by atoms with Crippen molar-refractivity contribution in [3.05, 3.63) is 27.7 Å². The molecule has 0 saturated heterocycles. The molecule has 118 valence electrons. The normalized spacial score (nSPS) is 12.2. The molecule has 0 saturated carbocycles. The number of carbonyl (C=O) groups is 1. The van der Waals surface area contributed by atoms with Crippen LogP contribution in [0.5, 0.6) is 0 Å². The van der Waals surface area contributed by atoms with E-state index in [0.29, 0.717) is 0 Å². The van der Waals surface area contributed by atoms with Gasteiger partial charge >= 0.3 is 0 Å². The molecule has 0 aliphatic carbocycles. The van der Waals surface area contributed by atoms with Crippen LogP contribution in [0.2, 0.25) is 10.0 Å². The van der Waals surface area contributed by atoms with Crippen LogP contribution in [0.4, 0.5) is 5.69 Å². The third-order valence-corrected chi connectivity index (χ3v) is 4.04. The Kier molecular flexibility index (Phi) is 5.49. The van der Waals surface area contributed by atoms with Crippen LogP contribution in [0, 0.1) is 0 Å². The third-order valence-electron chi connectivity index (χ3n) is 2.49. The van der Waals surface area contributed by atoms with Crippen molar-refractivity contribution >= 4 is 44.8 Å². The van der Waals surface area contributed by atoms with Crippen LogP contribution < -0.4 is 15.8 Å². The number of amides is 1. The Morgan fingerprint density at radius 2 is 1.76 bits per heavy atom. The lowest BCUT2D eigenvalue weighted by Gasteiger charge is -2.25. The summed E-state index contributed by atoms with van der Waals surface area (Å²) in [5, 5.41) is 2.98. The molecular formula is C12H17Cl2N3O3S. The smallest absolute Gasteiger partial charge is 0.251 e. The Balaban J connectivity index is 2.79. The van der Waals surface area contributed by atoms with Crippen LogP contribution in [0.3, 0.4) is 0 Å². The molecule has 4 N–H and O–H groups in total. The molecule has 0 aliphatic heterocycles. The summed E-state index contributed by atoms with van der Waals surface area (Å²) in [7, 11) is -3.37. The first-order valence-electron chi connectivity index (χ1n) is 5.93. The van der Waals surface area contributed by atoms with E-state index in [1.54, 1.807) is 13.8 Å². The number of hydrogen-bond acceptors (Lipinski definition) is 4. The second kappa shape index (κ2) is 6.39. The molecule has 6 nitrogen and oxygen atoms in total. The summed E-state index contributed by atoms with van der Waals surface area (Å²) < 4.78 is 24.9. The zero-order valence-electron chi connectivity index (χ0n) is 11.8. The quantitative estimate of drug-likeness (QED) is 0.700. The van der Waals surface area contributed by atoms with Crippen molar-refractivity contribution in [1.29, 1.82) is 0 Å². The van der Waals surface area contributed by atoms with E-state index in [4.69, 9.17) is 28.9 Å². The van der Waals surface area contributed by atoms with Crippen LogP contribution >= 0.6 is 23.2 Å². The molecule has 1 amide bonds. The number of halogens is 2. The van der Waals surface area contributed by atoms with Gasteiger partial charge in [-0.1, -0.05) is 23.2 Å². The number of nitrogens with one attached hydrogen (secondary N) is 2. The number of carbonyl (C=O) groups excluding carboxylic acids is 1. The fourth-order valence-electron chi connectivity index (χ4n) is 1.66. The fraction of sp³-hybridized carbons (Fsp3) is 0.417. The molecule has 21 heavy (non-hydrogen) atoms. The van der Waals surface area contributed by atoms with Gasteiger partial charge in [-0.15, -0.1) is 0 Å². The van der Waals surface area contributed by atoms with Crippen LogP contribution in [-0.4, -0.2) is 32.7 Å². The number of hydrogen-bond donors (Lipinski definition) is 3. The summed E-state index contributed by atoms with van der Waals surface area (Å²) in [5.41, 5.74) is 5.21. The zero-order valence-corrected chi connectivity index (χ0v) is 14.2. The van der Waals surface area contributed by atoms with Crippen molar-refractivity contribution in [3.63, 3.8) is 0 Å². The molecular weight excluding hydrogens is 337 g/mol. The molecule has 0 aliphatic rings. The number of nitrogens with two attached hydrogens (primary N) is 1. The standard InChI is InChI=1S/C12H17Cl2N3O3S/c1-12(2,17-21(3,19)20)6-16-11(18)7-4-8(13)10(15)9(14)5-7/h4-5,17H,6,15H2,1-3H3,(H,16,18). The molecule has 0 aromatic heterocycles. The third kappa shape index (κ3) is 5.70. The molecule has 0 atom stereocenters. The highest BCUT2D eigenvalue weighted by atomic mass is 35.5. The molecule has 0 fully saturated rings. The topological polar surface area (TPSA) is 101 Å². The van der Waals surface area contributed by atoms with Crippen molar-refractivity contribution < 1.29 is 13.2 Å². The highest BCUT2D eigenvalue weighted by molar-refractivity contribution is 7.88. The van der Waals surface area contributed by atoms with Gasteiger partial charge in [-0.25, -0.2) is 13.1 Å². The van der Waals surface area contributed by atoms with Crippen molar-refractivity contribution in [1.82, 2.24) is 10.0 Å². The van der Waals surface area contributed by atoms with Crippen LogP contribution in [0.15, 0.2) is 12.1 Å². The maximum atomic E-state index is 12.0. The molecule has 0 heterocycles. The summed E-state index contributed by atoms with van der Waals surface area (Å²) in [6, 6.07) is 2.80. The van der Waals surface area contributed by atoms with Crippen LogP contribution in [0.25, 0.3) is 0 Å². The highest BCUT2D eigenvalue weighted by Crippen LogP contribution is 2.28. The monoisotopic (exact) mass is 353 g/mol. The van der Waals surface area contributed by atoms with E-state index in [9.17, 15) is 13.2 Å². The van der Waals surface area contributed by atoms with Gasteiger partial charge in [-0.05, 0) is 26.0 Å². The lowest BCUT2D eigenvalue weighted by Crippen LogP contribution is -2.51. The van der Waals surface area contributed by atoms with Crippen molar-refractivity contribution in [3.8, 4) is 0 Å².